The van der Waals surface area contributed by atoms with Crippen LogP contribution >= 0.6 is 34.6 Å². The SMILES string of the molecule is COc1ccc2c(c1)CCCC(c1ccc(C#N)cc1Cl)=C2OI. The molecule has 0 N–H and O–H groups in total. The van der Waals surface area contributed by atoms with Gasteiger partial charge in [0.25, 0.3) is 0 Å². The first-order valence-corrected chi connectivity index (χ1v) is 8.83. The molecule has 0 saturated heterocycles. The Labute approximate surface area is 160 Å². The van der Waals surface area contributed by atoms with Crippen LogP contribution in [0.4, 0.5) is 0 Å². The molecule has 0 aliphatic heterocycles. The molecule has 2 aromatic rings. The highest BCUT2D eigenvalue weighted by atomic mass is 127. The molecule has 0 spiro atoms. The summed E-state index contributed by atoms with van der Waals surface area (Å²) in [5.41, 5.74) is 4.83. The highest BCUT2D eigenvalue weighted by molar-refractivity contribution is 14.1. The molecule has 1 aliphatic rings. The topological polar surface area (TPSA) is 42.2 Å². The van der Waals surface area contributed by atoms with Gasteiger partial charge in [0.05, 0.1) is 18.7 Å². The van der Waals surface area contributed by atoms with E-state index in [1.54, 1.807) is 19.2 Å². The first-order valence-electron chi connectivity index (χ1n) is 7.57. The van der Waals surface area contributed by atoms with Crippen LogP contribution in [0.5, 0.6) is 5.75 Å². The van der Waals surface area contributed by atoms with Crippen molar-refractivity contribution >= 4 is 45.9 Å². The normalized spacial score (nSPS) is 13.8. The number of hydrogen-bond acceptors (Lipinski definition) is 3. The van der Waals surface area contributed by atoms with Gasteiger partial charge in [0.1, 0.15) is 11.5 Å². The third-order valence-electron chi connectivity index (χ3n) is 4.20. The fraction of sp³-hybridized carbons (Fsp3) is 0.211. The van der Waals surface area contributed by atoms with Gasteiger partial charge in [-0.3, -0.25) is 0 Å². The van der Waals surface area contributed by atoms with Crippen molar-refractivity contribution in [3.05, 3.63) is 63.7 Å². The zero-order chi connectivity index (χ0) is 17.1. The van der Waals surface area contributed by atoms with Gasteiger partial charge in [-0.2, -0.15) is 5.26 Å². The second-order valence-electron chi connectivity index (χ2n) is 5.57. The zero-order valence-electron chi connectivity index (χ0n) is 13.1. The van der Waals surface area contributed by atoms with Gasteiger partial charge in [-0.25, -0.2) is 0 Å². The summed E-state index contributed by atoms with van der Waals surface area (Å²) < 4.78 is 11.1. The number of allylic oxidation sites excluding steroid dienone is 1. The number of nitrogens with zero attached hydrogens (tertiary/aromatic N) is 1. The summed E-state index contributed by atoms with van der Waals surface area (Å²) in [6.07, 6.45) is 2.81. The predicted octanol–water partition coefficient (Wildman–Crippen LogP) is 5.79. The Bertz CT molecular complexity index is 855. The molecule has 0 amide bonds. The summed E-state index contributed by atoms with van der Waals surface area (Å²) >= 11 is 8.35. The van der Waals surface area contributed by atoms with Crippen LogP contribution in [0, 0.1) is 11.3 Å². The Morgan fingerprint density at radius 3 is 2.58 bits per heavy atom. The zero-order valence-corrected chi connectivity index (χ0v) is 16.0. The fourth-order valence-electron chi connectivity index (χ4n) is 3.03. The maximum absolute atomic E-state index is 9.03. The number of fused-ring (bicyclic) bond motifs is 1. The summed E-state index contributed by atoms with van der Waals surface area (Å²) in [4.78, 5) is 0. The molecule has 0 heterocycles. The number of aryl methyl sites for hydroxylation is 1. The smallest absolute Gasteiger partial charge is 0.192 e. The molecule has 0 unspecified atom stereocenters. The number of benzene rings is 2. The van der Waals surface area contributed by atoms with Crippen molar-refractivity contribution in [2.75, 3.05) is 7.11 Å². The molecular formula is C19H15ClINO2. The van der Waals surface area contributed by atoms with Gasteiger partial charge in [-0.1, -0.05) is 17.7 Å². The van der Waals surface area contributed by atoms with Crippen LogP contribution < -0.4 is 4.74 Å². The minimum atomic E-state index is 0.556. The maximum atomic E-state index is 9.03. The Morgan fingerprint density at radius 2 is 1.92 bits per heavy atom. The minimum absolute atomic E-state index is 0.556. The lowest BCUT2D eigenvalue weighted by Crippen LogP contribution is -1.95. The number of methoxy groups -OCH3 is 1. The first-order chi connectivity index (χ1) is 11.7. The molecule has 3 nitrogen and oxygen atoms in total. The van der Waals surface area contributed by atoms with Crippen LogP contribution in [-0.4, -0.2) is 7.11 Å². The lowest BCUT2D eigenvalue weighted by molar-refractivity contribution is 0.414. The van der Waals surface area contributed by atoms with Crippen molar-refractivity contribution < 1.29 is 7.80 Å². The van der Waals surface area contributed by atoms with E-state index in [-0.39, 0.29) is 0 Å². The van der Waals surface area contributed by atoms with Gasteiger partial charge in [0.2, 0.25) is 0 Å². The van der Waals surface area contributed by atoms with Crippen molar-refractivity contribution in [2.24, 2.45) is 0 Å². The average Bonchev–Trinajstić information content (AvgIpc) is 2.79. The fourth-order valence-corrected chi connectivity index (χ4v) is 3.83. The molecule has 0 bridgehead atoms. The number of ether oxygens (including phenoxy) is 1. The number of halogens is 2. The van der Waals surface area contributed by atoms with Crippen LogP contribution in [0.15, 0.2) is 36.4 Å². The predicted molar refractivity (Wildman–Crippen MR) is 104 cm³/mol. The Balaban J connectivity index is 2.17. The summed E-state index contributed by atoms with van der Waals surface area (Å²) in [6.45, 7) is 0. The second-order valence-corrected chi connectivity index (χ2v) is 6.42. The van der Waals surface area contributed by atoms with E-state index < -0.39 is 0 Å². The summed E-state index contributed by atoms with van der Waals surface area (Å²) in [5, 5.41) is 9.60. The van der Waals surface area contributed by atoms with Crippen molar-refractivity contribution in [2.45, 2.75) is 19.3 Å². The third kappa shape index (κ3) is 3.24. The van der Waals surface area contributed by atoms with Gasteiger partial charge in [-0.05, 0) is 55.2 Å². The highest BCUT2D eigenvalue weighted by Crippen LogP contribution is 2.40. The molecule has 0 aromatic heterocycles. The number of hydrogen-bond donors (Lipinski definition) is 0. The van der Waals surface area contributed by atoms with Gasteiger partial charge >= 0.3 is 0 Å². The number of nitriles is 1. The van der Waals surface area contributed by atoms with Crippen LogP contribution in [0.1, 0.15) is 35.1 Å². The molecule has 0 saturated carbocycles. The lowest BCUT2D eigenvalue weighted by atomic mass is 9.98. The van der Waals surface area contributed by atoms with E-state index in [0.717, 1.165) is 47.5 Å². The molecule has 0 radical (unpaired) electrons. The molecule has 3 rings (SSSR count). The van der Waals surface area contributed by atoms with Gasteiger partial charge < -0.3 is 7.80 Å². The molecule has 1 aliphatic carbocycles. The van der Waals surface area contributed by atoms with Gasteiger partial charge in [-0.15, -0.1) is 0 Å². The quantitative estimate of drug-likeness (QED) is 0.555. The molecule has 24 heavy (non-hydrogen) atoms. The second kappa shape index (κ2) is 7.45. The molecular weight excluding hydrogens is 437 g/mol. The summed E-state index contributed by atoms with van der Waals surface area (Å²) in [5.74, 6) is 1.68. The highest BCUT2D eigenvalue weighted by Gasteiger charge is 2.22. The van der Waals surface area contributed by atoms with Crippen LogP contribution in [-0.2, 0) is 9.49 Å². The Kier molecular flexibility index (Phi) is 5.32. The van der Waals surface area contributed by atoms with Crippen LogP contribution in [0.3, 0.4) is 0 Å². The first kappa shape index (κ1) is 17.1. The van der Waals surface area contributed by atoms with Crippen LogP contribution in [0.2, 0.25) is 5.02 Å². The lowest BCUT2D eigenvalue weighted by Gasteiger charge is -2.14. The third-order valence-corrected chi connectivity index (χ3v) is 4.96. The van der Waals surface area contributed by atoms with E-state index in [9.17, 15) is 0 Å². The van der Waals surface area contributed by atoms with E-state index in [4.69, 9.17) is 24.7 Å². The Morgan fingerprint density at radius 1 is 1.12 bits per heavy atom. The van der Waals surface area contributed by atoms with E-state index in [1.807, 2.05) is 41.2 Å². The van der Waals surface area contributed by atoms with Crippen molar-refractivity contribution in [3.8, 4) is 11.8 Å². The van der Waals surface area contributed by atoms with E-state index in [2.05, 4.69) is 12.1 Å². The van der Waals surface area contributed by atoms with Crippen molar-refractivity contribution in [3.63, 3.8) is 0 Å². The standard InChI is InChI=1S/C19H15ClINO2/c1-23-14-6-8-15-13(10-14)3-2-4-17(19(15)24-21)16-7-5-12(11-22)9-18(16)20/h5-10H,2-4H2,1H3. The number of rotatable bonds is 3. The van der Waals surface area contributed by atoms with Crippen molar-refractivity contribution in [1.29, 1.82) is 5.26 Å². The molecule has 2 aromatic carbocycles. The molecule has 5 heteroatoms. The summed E-state index contributed by atoms with van der Waals surface area (Å²) in [7, 11) is 1.67. The van der Waals surface area contributed by atoms with Gasteiger partial charge in [0, 0.05) is 21.7 Å². The largest absolute Gasteiger partial charge is 0.497 e. The molecule has 122 valence electrons. The Hall–Kier alpha value is -1.71. The molecule has 0 fully saturated rings. The average molecular weight is 452 g/mol. The minimum Gasteiger partial charge on any atom is -0.497 e. The van der Waals surface area contributed by atoms with E-state index in [1.165, 1.54) is 5.56 Å². The monoisotopic (exact) mass is 451 g/mol. The van der Waals surface area contributed by atoms with E-state index in [0.29, 0.717) is 10.6 Å². The van der Waals surface area contributed by atoms with Crippen molar-refractivity contribution in [1.82, 2.24) is 0 Å². The summed E-state index contributed by atoms with van der Waals surface area (Å²) in [6, 6.07) is 13.6. The maximum Gasteiger partial charge on any atom is 0.192 e. The molecule has 0 atom stereocenters. The van der Waals surface area contributed by atoms with Crippen LogP contribution in [0.25, 0.3) is 11.3 Å². The van der Waals surface area contributed by atoms with Gasteiger partial charge in [0.15, 0.2) is 23.0 Å². The van der Waals surface area contributed by atoms with E-state index >= 15 is 0 Å².